The molecule has 1 aliphatic rings. The summed E-state index contributed by atoms with van der Waals surface area (Å²) >= 11 is 3.49. The molecule has 0 radical (unpaired) electrons. The fourth-order valence-corrected chi connectivity index (χ4v) is 4.41. The Morgan fingerprint density at radius 3 is 2.53 bits per heavy atom. The number of benzene rings is 3. The van der Waals surface area contributed by atoms with E-state index in [0.717, 1.165) is 15.6 Å². The fourth-order valence-electron chi connectivity index (χ4n) is 4.03. The van der Waals surface area contributed by atoms with E-state index in [2.05, 4.69) is 21.2 Å². The Kier molecular flexibility index (Phi) is 5.11. The molecule has 5 rings (SSSR count). The molecular formula is C25H17BrN2O4. The molecule has 158 valence electrons. The van der Waals surface area contributed by atoms with Crippen LogP contribution >= 0.6 is 15.9 Å². The Labute approximate surface area is 191 Å². The van der Waals surface area contributed by atoms with Gasteiger partial charge in [0, 0.05) is 21.1 Å². The van der Waals surface area contributed by atoms with Gasteiger partial charge >= 0.3 is 5.63 Å². The van der Waals surface area contributed by atoms with Crippen LogP contribution in [0.4, 0.5) is 5.69 Å². The highest BCUT2D eigenvalue weighted by Crippen LogP contribution is 2.37. The molecule has 2 amide bonds. The Balaban J connectivity index is 1.70. The van der Waals surface area contributed by atoms with Gasteiger partial charge in [0.1, 0.15) is 17.7 Å². The zero-order valence-electron chi connectivity index (χ0n) is 16.7. The molecule has 1 aliphatic heterocycles. The summed E-state index contributed by atoms with van der Waals surface area (Å²) in [6.45, 7) is -0.211. The average molecular weight is 489 g/mol. The molecule has 7 heteroatoms. The predicted molar refractivity (Wildman–Crippen MR) is 125 cm³/mol. The van der Waals surface area contributed by atoms with Crippen LogP contribution in [-0.4, -0.2) is 23.3 Å². The standard InChI is InChI=1S/C25H17BrN2O4/c26-17-10-11-20-18(13-17)23(15-6-2-1-3-7-15)28(14-22(29)27-20)24(30)19-12-16-8-4-5-9-21(16)32-25(19)31/h1-13,23H,14H2,(H,27,29)/t23-/m0/s1. The van der Waals surface area contributed by atoms with Crippen molar-refractivity contribution in [3.8, 4) is 0 Å². The maximum atomic E-state index is 13.7. The summed E-state index contributed by atoms with van der Waals surface area (Å²) in [6, 6.07) is 22.9. The van der Waals surface area contributed by atoms with E-state index in [-0.39, 0.29) is 18.0 Å². The van der Waals surface area contributed by atoms with Crippen LogP contribution in [0.5, 0.6) is 0 Å². The van der Waals surface area contributed by atoms with Crippen LogP contribution in [0.25, 0.3) is 11.0 Å². The Morgan fingerprint density at radius 2 is 1.72 bits per heavy atom. The molecule has 0 spiro atoms. The van der Waals surface area contributed by atoms with Gasteiger partial charge in [-0.1, -0.05) is 64.5 Å². The molecule has 0 fully saturated rings. The molecule has 0 aliphatic carbocycles. The third kappa shape index (κ3) is 3.61. The molecule has 4 aromatic rings. The van der Waals surface area contributed by atoms with Crippen molar-refractivity contribution in [2.45, 2.75) is 6.04 Å². The molecule has 32 heavy (non-hydrogen) atoms. The highest BCUT2D eigenvalue weighted by Gasteiger charge is 2.35. The van der Waals surface area contributed by atoms with Gasteiger partial charge < -0.3 is 14.6 Å². The molecule has 0 bridgehead atoms. The van der Waals surface area contributed by atoms with Crippen molar-refractivity contribution in [2.24, 2.45) is 0 Å². The minimum Gasteiger partial charge on any atom is -0.422 e. The zero-order valence-corrected chi connectivity index (χ0v) is 18.3. The Bertz CT molecular complexity index is 1410. The van der Waals surface area contributed by atoms with E-state index in [1.807, 2.05) is 42.5 Å². The van der Waals surface area contributed by atoms with Crippen molar-refractivity contribution in [1.82, 2.24) is 4.90 Å². The van der Waals surface area contributed by atoms with Gasteiger partial charge in [-0.25, -0.2) is 4.79 Å². The lowest BCUT2D eigenvalue weighted by Crippen LogP contribution is -2.40. The molecule has 1 atom stereocenters. The summed E-state index contributed by atoms with van der Waals surface area (Å²) in [4.78, 5) is 40.6. The van der Waals surface area contributed by atoms with Crippen molar-refractivity contribution < 1.29 is 14.0 Å². The molecule has 1 aromatic heterocycles. The van der Waals surface area contributed by atoms with Crippen molar-refractivity contribution in [3.63, 3.8) is 0 Å². The van der Waals surface area contributed by atoms with E-state index in [9.17, 15) is 14.4 Å². The van der Waals surface area contributed by atoms with Gasteiger partial charge in [0.05, 0.1) is 6.04 Å². The third-order valence-corrected chi connectivity index (χ3v) is 5.95. The minimum atomic E-state index is -0.736. The van der Waals surface area contributed by atoms with Gasteiger partial charge in [0.2, 0.25) is 5.91 Å². The largest absolute Gasteiger partial charge is 0.422 e. The maximum Gasteiger partial charge on any atom is 0.349 e. The van der Waals surface area contributed by atoms with Crippen LogP contribution in [0.2, 0.25) is 0 Å². The van der Waals surface area contributed by atoms with Crippen LogP contribution < -0.4 is 10.9 Å². The molecule has 0 saturated carbocycles. The summed E-state index contributed by atoms with van der Waals surface area (Å²) in [5.74, 6) is -0.910. The van der Waals surface area contributed by atoms with E-state index in [0.29, 0.717) is 16.7 Å². The number of carbonyl (C=O) groups excluding carboxylic acids is 2. The van der Waals surface area contributed by atoms with Crippen LogP contribution in [0.15, 0.2) is 92.5 Å². The lowest BCUT2D eigenvalue weighted by atomic mass is 9.95. The highest BCUT2D eigenvalue weighted by atomic mass is 79.9. The van der Waals surface area contributed by atoms with Gasteiger partial charge in [-0.05, 0) is 35.9 Å². The van der Waals surface area contributed by atoms with E-state index < -0.39 is 17.6 Å². The number of halogens is 1. The summed E-state index contributed by atoms with van der Waals surface area (Å²) < 4.78 is 6.19. The van der Waals surface area contributed by atoms with E-state index in [1.54, 1.807) is 30.3 Å². The maximum absolute atomic E-state index is 13.7. The number of rotatable bonds is 2. The van der Waals surface area contributed by atoms with E-state index in [1.165, 1.54) is 11.0 Å². The summed E-state index contributed by atoms with van der Waals surface area (Å²) in [5, 5.41) is 3.51. The second kappa shape index (κ2) is 8.09. The highest BCUT2D eigenvalue weighted by molar-refractivity contribution is 9.10. The molecular weight excluding hydrogens is 472 g/mol. The predicted octanol–water partition coefficient (Wildman–Crippen LogP) is 4.74. The Hall–Kier alpha value is -3.71. The summed E-state index contributed by atoms with van der Waals surface area (Å²) in [6.07, 6.45) is 0. The lowest BCUT2D eigenvalue weighted by molar-refractivity contribution is -0.117. The van der Waals surface area contributed by atoms with Gasteiger partial charge in [0.25, 0.3) is 5.91 Å². The van der Waals surface area contributed by atoms with Gasteiger partial charge in [0.15, 0.2) is 0 Å². The van der Waals surface area contributed by atoms with Gasteiger partial charge in [-0.2, -0.15) is 0 Å². The Morgan fingerprint density at radius 1 is 0.969 bits per heavy atom. The fraction of sp³-hybridized carbons (Fsp3) is 0.0800. The number of anilines is 1. The minimum absolute atomic E-state index is 0.115. The van der Waals surface area contributed by atoms with Crippen LogP contribution in [0.3, 0.4) is 0 Å². The number of amides is 2. The molecule has 1 N–H and O–H groups in total. The second-order valence-electron chi connectivity index (χ2n) is 7.51. The average Bonchev–Trinajstić information content (AvgIpc) is 2.94. The molecule has 0 saturated heterocycles. The first kappa shape index (κ1) is 20.2. The number of hydrogen-bond donors (Lipinski definition) is 1. The first-order valence-electron chi connectivity index (χ1n) is 9.99. The number of fused-ring (bicyclic) bond motifs is 2. The number of hydrogen-bond acceptors (Lipinski definition) is 4. The molecule has 6 nitrogen and oxygen atoms in total. The van der Waals surface area contributed by atoms with Crippen molar-refractivity contribution in [1.29, 1.82) is 0 Å². The number of nitrogens with one attached hydrogen (secondary N) is 1. The normalized spacial score (nSPS) is 15.7. The molecule has 3 aromatic carbocycles. The lowest BCUT2D eigenvalue weighted by Gasteiger charge is -2.30. The van der Waals surface area contributed by atoms with Crippen LogP contribution in [-0.2, 0) is 4.79 Å². The number of carbonyl (C=O) groups is 2. The van der Waals surface area contributed by atoms with Gasteiger partial charge in [-0.15, -0.1) is 0 Å². The van der Waals surface area contributed by atoms with Gasteiger partial charge in [-0.3, -0.25) is 9.59 Å². The monoisotopic (exact) mass is 488 g/mol. The first-order chi connectivity index (χ1) is 15.5. The van der Waals surface area contributed by atoms with Crippen LogP contribution in [0, 0.1) is 0 Å². The number of nitrogens with zero attached hydrogens (tertiary/aromatic N) is 1. The molecule has 2 heterocycles. The second-order valence-corrected chi connectivity index (χ2v) is 8.43. The van der Waals surface area contributed by atoms with E-state index in [4.69, 9.17) is 4.42 Å². The molecule has 0 unspecified atom stereocenters. The summed E-state index contributed by atoms with van der Waals surface area (Å²) in [7, 11) is 0. The van der Waals surface area contributed by atoms with Crippen molar-refractivity contribution in [3.05, 3.63) is 110 Å². The quantitative estimate of drug-likeness (QED) is 0.413. The number of para-hydroxylation sites is 1. The first-order valence-corrected chi connectivity index (χ1v) is 10.8. The van der Waals surface area contributed by atoms with Crippen LogP contribution in [0.1, 0.15) is 27.5 Å². The smallest absolute Gasteiger partial charge is 0.349 e. The summed E-state index contributed by atoms with van der Waals surface area (Å²) in [5.41, 5.74) is 1.73. The van der Waals surface area contributed by atoms with Crippen molar-refractivity contribution >= 4 is 44.4 Å². The third-order valence-electron chi connectivity index (χ3n) is 5.46. The zero-order chi connectivity index (χ0) is 22.2. The van der Waals surface area contributed by atoms with Crippen molar-refractivity contribution in [2.75, 3.05) is 11.9 Å². The van der Waals surface area contributed by atoms with E-state index >= 15 is 0 Å². The SMILES string of the molecule is O=C1CN(C(=O)c2cc3ccccc3oc2=O)[C@@H](c2ccccc2)c2cc(Br)ccc2N1. The topological polar surface area (TPSA) is 79.6 Å².